The van der Waals surface area contributed by atoms with Crippen molar-refractivity contribution in [1.29, 1.82) is 0 Å². The number of hydrogen-bond acceptors (Lipinski definition) is 0. The largest absolute Gasteiger partial charge is 0.392 e. The number of alkyl halides is 3. The zero-order valence-corrected chi connectivity index (χ0v) is 7.41. The number of rotatable bonds is 0. The molecule has 1 aliphatic carbocycles. The molecule has 0 spiro atoms. The number of hydrogen-bond donors (Lipinski definition) is 0. The van der Waals surface area contributed by atoms with Crippen LogP contribution in [0.3, 0.4) is 0 Å². The predicted molar refractivity (Wildman–Crippen MR) is 44.9 cm³/mol. The first kappa shape index (κ1) is 10.2. The van der Waals surface area contributed by atoms with Gasteiger partial charge in [0.1, 0.15) is 0 Å². The van der Waals surface area contributed by atoms with Gasteiger partial charge in [0.2, 0.25) is 0 Å². The topological polar surface area (TPSA) is 0 Å². The van der Waals surface area contributed by atoms with Crippen LogP contribution in [0.2, 0.25) is 0 Å². The van der Waals surface area contributed by atoms with Crippen LogP contribution in [0.4, 0.5) is 13.2 Å². The first-order chi connectivity index (χ1) is 6.04. The minimum atomic E-state index is -4.04. The van der Waals surface area contributed by atoms with E-state index in [1.807, 2.05) is 0 Å². The van der Waals surface area contributed by atoms with Crippen LogP contribution in [0.25, 0.3) is 0 Å². The van der Waals surface area contributed by atoms with Gasteiger partial charge in [0.15, 0.2) is 0 Å². The third kappa shape index (κ3) is 2.80. The fourth-order valence-electron chi connectivity index (χ4n) is 1.41. The second kappa shape index (κ2) is 3.87. The highest BCUT2D eigenvalue weighted by atomic mass is 19.4. The lowest BCUT2D eigenvalue weighted by Crippen LogP contribution is -2.24. The molecule has 1 unspecified atom stereocenters. The number of halogens is 3. The average molecular weight is 188 g/mol. The lowest BCUT2D eigenvalue weighted by atomic mass is 9.89. The van der Waals surface area contributed by atoms with Gasteiger partial charge >= 0.3 is 6.18 Å². The zero-order chi connectivity index (χ0) is 9.90. The Hall–Kier alpha value is -0.910. The van der Waals surface area contributed by atoms with Gasteiger partial charge in [0.05, 0.1) is 5.92 Å². The summed E-state index contributed by atoms with van der Waals surface area (Å²) in [6.45, 7) is 1.69. The second-order valence-electron chi connectivity index (χ2n) is 3.12. The van der Waals surface area contributed by atoms with E-state index in [-0.39, 0.29) is 12.8 Å². The van der Waals surface area contributed by atoms with Gasteiger partial charge in [-0.25, -0.2) is 0 Å². The van der Waals surface area contributed by atoms with Crippen molar-refractivity contribution < 1.29 is 13.2 Å². The number of allylic oxidation sites excluding steroid dienone is 2. The fraction of sp³-hybridized carbons (Fsp3) is 0.600. The molecule has 1 atom stereocenters. The summed E-state index contributed by atoms with van der Waals surface area (Å²) in [6.07, 6.45) is -1.69. The summed E-state index contributed by atoms with van der Waals surface area (Å²) < 4.78 is 36.6. The molecule has 0 amide bonds. The monoisotopic (exact) mass is 188 g/mol. The summed E-state index contributed by atoms with van der Waals surface area (Å²) in [7, 11) is 0. The molecule has 0 aromatic heterocycles. The lowest BCUT2D eigenvalue weighted by Gasteiger charge is -2.22. The summed E-state index contributed by atoms with van der Waals surface area (Å²) in [4.78, 5) is 0. The van der Waals surface area contributed by atoms with Gasteiger partial charge < -0.3 is 0 Å². The van der Waals surface area contributed by atoms with Crippen molar-refractivity contribution in [3.63, 3.8) is 0 Å². The van der Waals surface area contributed by atoms with E-state index in [2.05, 4.69) is 11.8 Å². The van der Waals surface area contributed by atoms with Gasteiger partial charge in [0, 0.05) is 0 Å². The molecule has 0 aliphatic heterocycles. The van der Waals surface area contributed by atoms with E-state index in [1.165, 1.54) is 0 Å². The Morgan fingerprint density at radius 1 is 1.46 bits per heavy atom. The van der Waals surface area contributed by atoms with Crippen LogP contribution in [0.15, 0.2) is 11.6 Å². The van der Waals surface area contributed by atoms with E-state index in [4.69, 9.17) is 0 Å². The van der Waals surface area contributed by atoms with Crippen molar-refractivity contribution in [2.45, 2.75) is 32.4 Å². The highest BCUT2D eigenvalue weighted by Crippen LogP contribution is 2.36. The molecule has 0 fully saturated rings. The smallest absolute Gasteiger partial charge is 0.171 e. The van der Waals surface area contributed by atoms with Crippen molar-refractivity contribution in [3.05, 3.63) is 11.6 Å². The standard InChI is InChI=1S/C10H11F3/c1-2-3-8-4-6-9(7-5-8)10(11,12)13/h4,9H,5-7H2,1H3. The molecule has 0 aromatic carbocycles. The summed E-state index contributed by atoms with van der Waals surface area (Å²) in [5.74, 6) is 4.33. The van der Waals surface area contributed by atoms with E-state index < -0.39 is 12.1 Å². The van der Waals surface area contributed by atoms with E-state index in [0.29, 0.717) is 6.42 Å². The van der Waals surface area contributed by atoms with Gasteiger partial charge in [-0.3, -0.25) is 0 Å². The molecule has 1 aliphatic rings. The van der Waals surface area contributed by atoms with Gasteiger partial charge in [-0.05, 0) is 31.8 Å². The van der Waals surface area contributed by atoms with Crippen LogP contribution < -0.4 is 0 Å². The molecule has 0 saturated carbocycles. The summed E-state index contributed by atoms with van der Waals surface area (Å²) in [5.41, 5.74) is 0.850. The minimum Gasteiger partial charge on any atom is -0.171 e. The van der Waals surface area contributed by atoms with Gasteiger partial charge in [-0.2, -0.15) is 13.2 Å². The Kier molecular flexibility index (Phi) is 3.02. The van der Waals surface area contributed by atoms with Crippen molar-refractivity contribution in [3.8, 4) is 11.8 Å². The highest BCUT2D eigenvalue weighted by molar-refractivity contribution is 5.29. The van der Waals surface area contributed by atoms with Gasteiger partial charge in [-0.15, -0.1) is 5.92 Å². The van der Waals surface area contributed by atoms with E-state index in [1.54, 1.807) is 13.0 Å². The summed E-state index contributed by atoms with van der Waals surface area (Å²) in [6, 6.07) is 0. The Balaban J connectivity index is 2.59. The SMILES string of the molecule is CC#CC1=CCC(C(F)(F)F)CC1. The Morgan fingerprint density at radius 3 is 2.54 bits per heavy atom. The van der Waals surface area contributed by atoms with E-state index in [9.17, 15) is 13.2 Å². The van der Waals surface area contributed by atoms with E-state index in [0.717, 1.165) is 5.57 Å². The molecular weight excluding hydrogens is 177 g/mol. The Morgan fingerprint density at radius 2 is 2.15 bits per heavy atom. The first-order valence-corrected chi connectivity index (χ1v) is 4.22. The molecular formula is C10H11F3. The molecule has 72 valence electrons. The maximum atomic E-state index is 12.2. The third-order valence-corrected chi connectivity index (χ3v) is 2.16. The second-order valence-corrected chi connectivity index (χ2v) is 3.12. The van der Waals surface area contributed by atoms with Crippen molar-refractivity contribution in [2.75, 3.05) is 0 Å². The summed E-state index contributed by atoms with van der Waals surface area (Å²) >= 11 is 0. The lowest BCUT2D eigenvalue weighted by molar-refractivity contribution is -0.176. The zero-order valence-electron chi connectivity index (χ0n) is 7.41. The molecule has 0 bridgehead atoms. The molecule has 1 rings (SSSR count). The molecule has 0 aromatic rings. The van der Waals surface area contributed by atoms with Crippen LogP contribution >= 0.6 is 0 Å². The van der Waals surface area contributed by atoms with Crippen molar-refractivity contribution in [2.24, 2.45) is 5.92 Å². The van der Waals surface area contributed by atoms with Crippen LogP contribution in [-0.4, -0.2) is 6.18 Å². The maximum Gasteiger partial charge on any atom is 0.392 e. The Labute approximate surface area is 75.8 Å². The van der Waals surface area contributed by atoms with Crippen molar-refractivity contribution >= 4 is 0 Å². The van der Waals surface area contributed by atoms with Crippen LogP contribution in [-0.2, 0) is 0 Å². The molecule has 0 radical (unpaired) electrons. The first-order valence-electron chi connectivity index (χ1n) is 4.22. The van der Waals surface area contributed by atoms with Gasteiger partial charge in [0.25, 0.3) is 0 Å². The molecule has 3 heteroatoms. The quantitative estimate of drug-likeness (QED) is 0.511. The van der Waals surface area contributed by atoms with Crippen molar-refractivity contribution in [1.82, 2.24) is 0 Å². The predicted octanol–water partition coefficient (Wildman–Crippen LogP) is 3.30. The Bertz CT molecular complexity index is 262. The average Bonchev–Trinajstić information content (AvgIpc) is 2.04. The fourth-order valence-corrected chi connectivity index (χ4v) is 1.41. The maximum absolute atomic E-state index is 12.2. The molecule has 0 N–H and O–H groups in total. The minimum absolute atomic E-state index is 0.0908. The highest BCUT2D eigenvalue weighted by Gasteiger charge is 2.39. The van der Waals surface area contributed by atoms with Gasteiger partial charge in [-0.1, -0.05) is 12.0 Å². The van der Waals surface area contributed by atoms with Crippen LogP contribution in [0.5, 0.6) is 0 Å². The molecule has 0 heterocycles. The van der Waals surface area contributed by atoms with E-state index >= 15 is 0 Å². The summed E-state index contributed by atoms with van der Waals surface area (Å²) in [5, 5.41) is 0. The third-order valence-electron chi connectivity index (χ3n) is 2.16. The normalized spacial score (nSPS) is 23.1. The van der Waals surface area contributed by atoms with Crippen LogP contribution in [0, 0.1) is 17.8 Å². The van der Waals surface area contributed by atoms with Crippen LogP contribution in [0.1, 0.15) is 26.2 Å². The molecule has 0 saturated heterocycles. The molecule has 0 nitrogen and oxygen atoms in total. The molecule has 13 heavy (non-hydrogen) atoms.